The highest BCUT2D eigenvalue weighted by Crippen LogP contribution is 2.25. The summed E-state index contributed by atoms with van der Waals surface area (Å²) in [6, 6.07) is 0. The van der Waals surface area contributed by atoms with Gasteiger partial charge in [0.2, 0.25) is 0 Å². The first-order valence-electron chi connectivity index (χ1n) is 5.79. The van der Waals surface area contributed by atoms with E-state index in [2.05, 4.69) is 18.3 Å². The van der Waals surface area contributed by atoms with Gasteiger partial charge in [-0.3, -0.25) is 0 Å². The molecule has 0 radical (unpaired) electrons. The second-order valence-corrected chi connectivity index (χ2v) is 3.98. The van der Waals surface area contributed by atoms with E-state index in [1.54, 1.807) is 6.08 Å². The SMILES string of the molecule is C=CCCC1CCCC/C1=N\OCC=C. The molecule has 0 saturated heterocycles. The minimum Gasteiger partial charge on any atom is -0.392 e. The van der Waals surface area contributed by atoms with Gasteiger partial charge in [-0.2, -0.15) is 0 Å². The summed E-state index contributed by atoms with van der Waals surface area (Å²) in [4.78, 5) is 5.18. The molecule has 0 spiro atoms. The lowest BCUT2D eigenvalue weighted by Gasteiger charge is -2.22. The number of hydrogen-bond acceptors (Lipinski definition) is 2. The Morgan fingerprint density at radius 1 is 1.33 bits per heavy atom. The fraction of sp³-hybridized carbons (Fsp3) is 0.615. The van der Waals surface area contributed by atoms with Crippen molar-refractivity contribution in [2.24, 2.45) is 11.1 Å². The molecule has 84 valence electrons. The summed E-state index contributed by atoms with van der Waals surface area (Å²) >= 11 is 0. The maximum absolute atomic E-state index is 5.18. The molecular weight excluding hydrogens is 186 g/mol. The number of oxime groups is 1. The van der Waals surface area contributed by atoms with E-state index >= 15 is 0 Å². The zero-order valence-electron chi connectivity index (χ0n) is 9.45. The van der Waals surface area contributed by atoms with Crippen LogP contribution in [0.25, 0.3) is 0 Å². The Morgan fingerprint density at radius 2 is 2.20 bits per heavy atom. The van der Waals surface area contributed by atoms with Crippen LogP contribution in [0.2, 0.25) is 0 Å². The molecule has 1 fully saturated rings. The molecule has 0 heterocycles. The van der Waals surface area contributed by atoms with Crippen LogP contribution in [0.3, 0.4) is 0 Å². The lowest BCUT2D eigenvalue weighted by Crippen LogP contribution is -2.19. The molecule has 1 rings (SSSR count). The third kappa shape index (κ3) is 4.32. The van der Waals surface area contributed by atoms with Gasteiger partial charge in [-0.1, -0.05) is 30.3 Å². The summed E-state index contributed by atoms with van der Waals surface area (Å²) in [5.41, 5.74) is 1.24. The normalized spacial score (nSPS) is 23.7. The van der Waals surface area contributed by atoms with Crippen LogP contribution < -0.4 is 0 Å². The molecule has 1 aliphatic rings. The molecule has 0 aliphatic heterocycles. The monoisotopic (exact) mass is 207 g/mol. The molecule has 1 unspecified atom stereocenters. The average Bonchev–Trinajstić information content (AvgIpc) is 2.28. The largest absolute Gasteiger partial charge is 0.392 e. The standard InChI is InChI=1S/C13H21NO/c1-3-5-8-12-9-6-7-10-13(12)14-15-11-4-2/h3-4,12H,1-2,5-11H2/b14-13+. The van der Waals surface area contributed by atoms with Gasteiger partial charge < -0.3 is 4.84 Å². The zero-order valence-corrected chi connectivity index (χ0v) is 9.45. The molecule has 0 aromatic carbocycles. The summed E-state index contributed by atoms with van der Waals surface area (Å²) in [5.74, 6) is 0.613. The molecule has 0 aromatic heterocycles. The number of hydrogen-bond donors (Lipinski definition) is 0. The fourth-order valence-corrected chi connectivity index (χ4v) is 1.99. The van der Waals surface area contributed by atoms with Crippen LogP contribution in [-0.2, 0) is 4.84 Å². The number of nitrogens with zero attached hydrogens (tertiary/aromatic N) is 1. The van der Waals surface area contributed by atoms with Crippen LogP contribution in [-0.4, -0.2) is 12.3 Å². The van der Waals surface area contributed by atoms with Crippen LogP contribution in [0.1, 0.15) is 38.5 Å². The molecule has 2 heteroatoms. The van der Waals surface area contributed by atoms with Crippen LogP contribution in [0, 0.1) is 5.92 Å². The average molecular weight is 207 g/mol. The van der Waals surface area contributed by atoms with Crippen LogP contribution in [0.5, 0.6) is 0 Å². The van der Waals surface area contributed by atoms with E-state index in [4.69, 9.17) is 4.84 Å². The van der Waals surface area contributed by atoms with Crippen molar-refractivity contribution in [3.05, 3.63) is 25.3 Å². The van der Waals surface area contributed by atoms with Gasteiger partial charge >= 0.3 is 0 Å². The predicted octanol–water partition coefficient (Wildman–Crippen LogP) is 3.70. The highest BCUT2D eigenvalue weighted by Gasteiger charge is 2.20. The Morgan fingerprint density at radius 3 is 2.93 bits per heavy atom. The van der Waals surface area contributed by atoms with Crippen LogP contribution in [0.4, 0.5) is 0 Å². The van der Waals surface area contributed by atoms with Crippen molar-refractivity contribution in [3.63, 3.8) is 0 Å². The molecule has 15 heavy (non-hydrogen) atoms. The molecular formula is C13H21NO. The molecule has 0 amide bonds. The van der Waals surface area contributed by atoms with E-state index in [9.17, 15) is 0 Å². The third-order valence-corrected chi connectivity index (χ3v) is 2.80. The van der Waals surface area contributed by atoms with Crippen LogP contribution >= 0.6 is 0 Å². The second-order valence-electron chi connectivity index (χ2n) is 3.98. The van der Waals surface area contributed by atoms with Crippen molar-refractivity contribution in [1.29, 1.82) is 0 Å². The first-order chi connectivity index (χ1) is 7.38. The van der Waals surface area contributed by atoms with Crippen molar-refractivity contribution in [3.8, 4) is 0 Å². The Bertz CT molecular complexity index is 233. The third-order valence-electron chi connectivity index (χ3n) is 2.80. The molecule has 2 nitrogen and oxygen atoms in total. The number of allylic oxidation sites excluding steroid dienone is 1. The Balaban J connectivity index is 2.44. The Hall–Kier alpha value is -1.05. The van der Waals surface area contributed by atoms with E-state index in [0.29, 0.717) is 12.5 Å². The van der Waals surface area contributed by atoms with Crippen molar-refractivity contribution >= 4 is 5.71 Å². The van der Waals surface area contributed by atoms with E-state index in [0.717, 1.165) is 12.8 Å². The van der Waals surface area contributed by atoms with Crippen molar-refractivity contribution in [1.82, 2.24) is 0 Å². The first-order valence-corrected chi connectivity index (χ1v) is 5.79. The van der Waals surface area contributed by atoms with Gasteiger partial charge in [0.1, 0.15) is 6.61 Å². The van der Waals surface area contributed by atoms with Crippen molar-refractivity contribution in [2.45, 2.75) is 38.5 Å². The number of rotatable bonds is 6. The van der Waals surface area contributed by atoms with Crippen molar-refractivity contribution < 1.29 is 4.84 Å². The van der Waals surface area contributed by atoms with Gasteiger partial charge in [0.25, 0.3) is 0 Å². The van der Waals surface area contributed by atoms with Crippen molar-refractivity contribution in [2.75, 3.05) is 6.61 Å². The van der Waals surface area contributed by atoms with Crippen LogP contribution in [0.15, 0.2) is 30.5 Å². The predicted molar refractivity (Wildman–Crippen MR) is 65.0 cm³/mol. The van der Waals surface area contributed by atoms with E-state index in [1.165, 1.54) is 31.4 Å². The molecule has 1 saturated carbocycles. The van der Waals surface area contributed by atoms with Gasteiger partial charge in [-0.05, 0) is 32.1 Å². The highest BCUT2D eigenvalue weighted by molar-refractivity contribution is 5.86. The molecule has 0 bridgehead atoms. The Kier molecular flexibility index (Phi) is 5.83. The minimum absolute atomic E-state index is 0.512. The van der Waals surface area contributed by atoms with Gasteiger partial charge in [0, 0.05) is 5.92 Å². The topological polar surface area (TPSA) is 21.6 Å². The summed E-state index contributed by atoms with van der Waals surface area (Å²) in [7, 11) is 0. The quantitative estimate of drug-likeness (QED) is 0.370. The summed E-state index contributed by atoms with van der Waals surface area (Å²) < 4.78 is 0. The van der Waals surface area contributed by atoms with E-state index < -0.39 is 0 Å². The summed E-state index contributed by atoms with van der Waals surface area (Å²) in [5, 5.41) is 4.22. The summed E-state index contributed by atoms with van der Waals surface area (Å²) in [6.07, 6.45) is 10.9. The first kappa shape index (κ1) is 12.0. The minimum atomic E-state index is 0.512. The molecule has 1 aliphatic carbocycles. The lowest BCUT2D eigenvalue weighted by molar-refractivity contribution is 0.170. The van der Waals surface area contributed by atoms with Gasteiger partial charge in [0.15, 0.2) is 0 Å². The maximum Gasteiger partial charge on any atom is 0.135 e. The van der Waals surface area contributed by atoms with Gasteiger partial charge in [-0.15, -0.1) is 6.58 Å². The summed E-state index contributed by atoms with van der Waals surface area (Å²) in [6.45, 7) is 7.88. The highest BCUT2D eigenvalue weighted by atomic mass is 16.6. The molecule has 0 N–H and O–H groups in total. The lowest BCUT2D eigenvalue weighted by atomic mass is 9.84. The zero-order chi connectivity index (χ0) is 10.9. The maximum atomic E-state index is 5.18. The van der Waals surface area contributed by atoms with Gasteiger partial charge in [0.05, 0.1) is 5.71 Å². The smallest absolute Gasteiger partial charge is 0.135 e. The van der Waals surface area contributed by atoms with E-state index in [1.807, 2.05) is 6.08 Å². The Labute approximate surface area is 92.7 Å². The fourth-order valence-electron chi connectivity index (χ4n) is 1.99. The van der Waals surface area contributed by atoms with E-state index in [-0.39, 0.29) is 0 Å². The van der Waals surface area contributed by atoms with Gasteiger partial charge in [-0.25, -0.2) is 0 Å². The second kappa shape index (κ2) is 7.27. The molecule has 1 atom stereocenters. The molecule has 0 aromatic rings.